The van der Waals surface area contributed by atoms with Crippen molar-refractivity contribution in [2.45, 2.75) is 13.3 Å². The first-order valence-corrected chi connectivity index (χ1v) is 9.53. The molecule has 0 atom stereocenters. The molecule has 2 aliphatic rings. The van der Waals surface area contributed by atoms with E-state index < -0.39 is 5.97 Å². The van der Waals surface area contributed by atoms with Gasteiger partial charge < -0.3 is 14.0 Å². The van der Waals surface area contributed by atoms with Crippen molar-refractivity contribution in [3.05, 3.63) is 82.4 Å². The van der Waals surface area contributed by atoms with Crippen LogP contribution in [0.25, 0.3) is 22.6 Å². The van der Waals surface area contributed by atoms with Crippen molar-refractivity contribution in [3.63, 3.8) is 0 Å². The predicted molar refractivity (Wildman–Crippen MR) is 113 cm³/mol. The van der Waals surface area contributed by atoms with Crippen LogP contribution < -0.4 is 10.3 Å². The van der Waals surface area contributed by atoms with E-state index in [2.05, 4.69) is 12.0 Å². The molecule has 0 bridgehead atoms. The molecule has 0 spiro atoms. The summed E-state index contributed by atoms with van der Waals surface area (Å²) in [5, 5.41) is 4.43. The summed E-state index contributed by atoms with van der Waals surface area (Å²) in [5.74, 6) is 0.120. The van der Waals surface area contributed by atoms with Crippen molar-refractivity contribution in [3.8, 4) is 28.4 Å². The van der Waals surface area contributed by atoms with Gasteiger partial charge in [-0.3, -0.25) is 4.79 Å². The average Bonchev–Trinajstić information content (AvgIpc) is 3.14. The van der Waals surface area contributed by atoms with Crippen molar-refractivity contribution in [1.29, 1.82) is 0 Å². The minimum atomic E-state index is -0.553. The highest BCUT2D eigenvalue weighted by Crippen LogP contribution is 2.26. The van der Waals surface area contributed by atoms with Gasteiger partial charge in [-0.1, -0.05) is 25.1 Å². The molecule has 0 radical (unpaired) electrons. The van der Waals surface area contributed by atoms with E-state index in [4.69, 9.17) is 9.47 Å². The second kappa shape index (κ2) is 7.87. The maximum absolute atomic E-state index is 13.2. The van der Waals surface area contributed by atoms with E-state index in [1.165, 1.54) is 11.8 Å². The molecule has 0 aromatic heterocycles. The second-order valence-electron chi connectivity index (χ2n) is 6.73. The van der Waals surface area contributed by atoms with Gasteiger partial charge in [0.15, 0.2) is 0 Å². The lowest BCUT2D eigenvalue weighted by Crippen LogP contribution is -2.15. The number of para-hydroxylation sites is 1. The van der Waals surface area contributed by atoms with Crippen LogP contribution in [0.2, 0.25) is 0 Å². The van der Waals surface area contributed by atoms with Crippen LogP contribution in [0.3, 0.4) is 0 Å². The molecule has 2 aromatic rings. The third-order valence-electron chi connectivity index (χ3n) is 5.04. The molecule has 0 saturated carbocycles. The molecule has 0 saturated heterocycles. The predicted octanol–water partition coefficient (Wildman–Crippen LogP) is 3.49. The SMILES string of the molecule is CCc1ccccc1-n1cc(C(=O)OC)c2nn(-c3ccc(OC)cc3)c(=O)c-2c1. The fraction of sp³-hybridized carbons (Fsp3) is 0.174. The summed E-state index contributed by atoms with van der Waals surface area (Å²) in [6.07, 6.45) is 4.18. The quantitative estimate of drug-likeness (QED) is 0.477. The molecule has 7 heteroatoms. The Morgan fingerprint density at radius 2 is 1.77 bits per heavy atom. The molecule has 4 rings (SSSR count). The number of carbonyl (C=O) groups excluding carboxylic acids is 1. The van der Waals surface area contributed by atoms with E-state index in [0.717, 1.165) is 17.7 Å². The van der Waals surface area contributed by atoms with Crippen molar-refractivity contribution >= 4 is 5.97 Å². The zero-order valence-corrected chi connectivity index (χ0v) is 17.0. The Bertz CT molecular complexity index is 1240. The second-order valence-corrected chi connectivity index (χ2v) is 6.73. The first-order valence-electron chi connectivity index (χ1n) is 9.53. The maximum Gasteiger partial charge on any atom is 0.341 e. The Morgan fingerprint density at radius 3 is 2.43 bits per heavy atom. The third-order valence-corrected chi connectivity index (χ3v) is 5.04. The number of fused-ring (bicyclic) bond motifs is 1. The summed E-state index contributed by atoms with van der Waals surface area (Å²) < 4.78 is 13.2. The molecule has 30 heavy (non-hydrogen) atoms. The van der Waals surface area contributed by atoms with E-state index in [1.54, 1.807) is 48.3 Å². The number of ether oxygens (including phenoxy) is 2. The smallest absolute Gasteiger partial charge is 0.341 e. The number of hydrogen-bond donors (Lipinski definition) is 0. The van der Waals surface area contributed by atoms with Gasteiger partial charge in [0.1, 0.15) is 17.0 Å². The largest absolute Gasteiger partial charge is 0.497 e. The van der Waals surface area contributed by atoms with Gasteiger partial charge in [0, 0.05) is 18.1 Å². The normalized spacial score (nSPS) is 10.9. The first-order chi connectivity index (χ1) is 14.6. The molecular weight excluding hydrogens is 382 g/mol. The van der Waals surface area contributed by atoms with Gasteiger partial charge in [-0.2, -0.15) is 9.78 Å². The summed E-state index contributed by atoms with van der Waals surface area (Å²) >= 11 is 0. The van der Waals surface area contributed by atoms with Crippen LogP contribution in [0, 0.1) is 0 Å². The Hall–Kier alpha value is -3.87. The molecule has 2 heterocycles. The lowest BCUT2D eigenvalue weighted by atomic mass is 10.1. The molecule has 7 nitrogen and oxygen atoms in total. The summed E-state index contributed by atoms with van der Waals surface area (Å²) in [5.41, 5.74) is 3.10. The van der Waals surface area contributed by atoms with Gasteiger partial charge in [-0.05, 0) is 42.3 Å². The van der Waals surface area contributed by atoms with Gasteiger partial charge in [-0.25, -0.2) is 4.79 Å². The van der Waals surface area contributed by atoms with Gasteiger partial charge in [0.25, 0.3) is 5.56 Å². The number of carbonyl (C=O) groups is 1. The lowest BCUT2D eigenvalue weighted by molar-refractivity contribution is 0.0600. The van der Waals surface area contributed by atoms with E-state index in [1.807, 2.05) is 24.3 Å². The fourth-order valence-electron chi connectivity index (χ4n) is 3.47. The first kappa shape index (κ1) is 19.4. The van der Waals surface area contributed by atoms with Crippen LogP contribution in [0.5, 0.6) is 5.75 Å². The minimum absolute atomic E-state index is 0.227. The van der Waals surface area contributed by atoms with Crippen LogP contribution in [-0.4, -0.2) is 34.5 Å². The fourth-order valence-corrected chi connectivity index (χ4v) is 3.47. The van der Waals surface area contributed by atoms with E-state index in [9.17, 15) is 9.59 Å². The molecular formula is C23H21N3O4. The molecule has 2 aromatic carbocycles. The van der Waals surface area contributed by atoms with Gasteiger partial charge in [0.05, 0.1) is 25.5 Å². The van der Waals surface area contributed by atoms with Crippen molar-refractivity contribution < 1.29 is 14.3 Å². The summed E-state index contributed by atoms with van der Waals surface area (Å²) in [6, 6.07) is 14.8. The molecule has 0 amide bonds. The number of benzene rings is 2. The molecule has 0 N–H and O–H groups in total. The van der Waals surface area contributed by atoms with E-state index >= 15 is 0 Å². The van der Waals surface area contributed by atoms with E-state index in [0.29, 0.717) is 22.7 Å². The zero-order valence-electron chi connectivity index (χ0n) is 17.0. The zero-order chi connectivity index (χ0) is 21.3. The Labute approximate surface area is 173 Å². The Kier molecular flexibility index (Phi) is 5.10. The van der Waals surface area contributed by atoms with E-state index in [-0.39, 0.29) is 11.1 Å². The number of esters is 1. The van der Waals surface area contributed by atoms with Crippen molar-refractivity contribution in [2.75, 3.05) is 14.2 Å². The van der Waals surface area contributed by atoms with Crippen LogP contribution in [0.1, 0.15) is 22.8 Å². The minimum Gasteiger partial charge on any atom is -0.497 e. The number of nitrogens with zero attached hydrogens (tertiary/aromatic N) is 3. The Morgan fingerprint density at radius 1 is 1.03 bits per heavy atom. The summed E-state index contributed by atoms with van der Waals surface area (Å²) in [7, 11) is 2.88. The lowest BCUT2D eigenvalue weighted by Gasteiger charge is -2.14. The van der Waals surface area contributed by atoms with Crippen LogP contribution in [0.15, 0.2) is 65.7 Å². The molecule has 152 valence electrons. The topological polar surface area (TPSA) is 75.3 Å². The Balaban J connectivity index is 1.97. The summed E-state index contributed by atoms with van der Waals surface area (Å²) in [6.45, 7) is 2.06. The van der Waals surface area contributed by atoms with Gasteiger partial charge >= 0.3 is 5.97 Å². The van der Waals surface area contributed by atoms with Crippen LogP contribution >= 0.6 is 0 Å². The monoisotopic (exact) mass is 403 g/mol. The molecule has 0 unspecified atom stereocenters. The van der Waals surface area contributed by atoms with Crippen molar-refractivity contribution in [1.82, 2.24) is 14.3 Å². The van der Waals surface area contributed by atoms with Crippen LogP contribution in [0.4, 0.5) is 0 Å². The molecule has 2 aliphatic heterocycles. The highest BCUT2D eigenvalue weighted by molar-refractivity contribution is 5.96. The number of aromatic nitrogens is 3. The molecule has 0 fully saturated rings. The number of hydrogen-bond acceptors (Lipinski definition) is 5. The number of aryl methyl sites for hydroxylation is 1. The summed E-state index contributed by atoms with van der Waals surface area (Å²) in [4.78, 5) is 25.7. The third kappa shape index (κ3) is 3.24. The number of methoxy groups -OCH3 is 2. The number of rotatable bonds is 5. The van der Waals surface area contributed by atoms with Crippen molar-refractivity contribution in [2.24, 2.45) is 0 Å². The highest BCUT2D eigenvalue weighted by Gasteiger charge is 2.25. The highest BCUT2D eigenvalue weighted by atomic mass is 16.5. The number of pyridine rings is 1. The maximum atomic E-state index is 13.2. The standard InChI is InChI=1S/C23H21N3O4/c1-4-15-7-5-6-8-20(15)25-13-18-21(19(14-25)23(28)30-3)24-26(22(18)27)16-9-11-17(29-2)12-10-16/h5-14H,4H2,1-3H3. The average molecular weight is 403 g/mol. The van der Waals surface area contributed by atoms with Gasteiger partial charge in [0.2, 0.25) is 0 Å². The molecule has 0 aliphatic carbocycles. The van der Waals surface area contributed by atoms with Gasteiger partial charge in [-0.15, -0.1) is 0 Å². The van der Waals surface area contributed by atoms with Crippen LogP contribution in [-0.2, 0) is 11.2 Å².